The van der Waals surface area contributed by atoms with Crippen LogP contribution in [0.15, 0.2) is 34.7 Å². The van der Waals surface area contributed by atoms with E-state index in [1.54, 1.807) is 6.07 Å². The minimum atomic E-state index is -0.903. The molecule has 3 heteroatoms. The number of rotatable bonds is 3. The zero-order valence-corrected chi connectivity index (χ0v) is 8.84. The predicted octanol–water partition coefficient (Wildman–Crippen LogP) is 2.24. The van der Waals surface area contributed by atoms with Crippen LogP contribution < -0.4 is 0 Å². The van der Waals surface area contributed by atoms with Gasteiger partial charge >= 0.3 is 0 Å². The predicted molar refractivity (Wildman–Crippen MR) is 59.9 cm³/mol. The highest BCUT2D eigenvalue weighted by molar-refractivity contribution is 5.77. The van der Waals surface area contributed by atoms with Crippen molar-refractivity contribution >= 4 is 11.0 Å². The summed E-state index contributed by atoms with van der Waals surface area (Å²) >= 11 is 0. The summed E-state index contributed by atoms with van der Waals surface area (Å²) in [5, 5.41) is 20.7. The van der Waals surface area contributed by atoms with Gasteiger partial charge in [0, 0.05) is 5.39 Å². The molecule has 0 aliphatic heterocycles. The first-order chi connectivity index (χ1) is 7.75. The Morgan fingerprint density at radius 1 is 1.19 bits per heavy atom. The van der Waals surface area contributed by atoms with Gasteiger partial charge in [0.05, 0.1) is 6.10 Å². The van der Waals surface area contributed by atoms with Crippen molar-refractivity contribution in [3.8, 4) is 0 Å². The van der Waals surface area contributed by atoms with Crippen molar-refractivity contribution in [3.63, 3.8) is 0 Å². The van der Waals surface area contributed by atoms with Gasteiger partial charge in [-0.05, 0) is 30.9 Å². The van der Waals surface area contributed by atoms with Crippen LogP contribution in [0.1, 0.15) is 24.7 Å². The molecule has 1 heterocycles. The van der Waals surface area contributed by atoms with Crippen molar-refractivity contribution in [1.82, 2.24) is 0 Å². The zero-order chi connectivity index (χ0) is 11.1. The van der Waals surface area contributed by atoms with Gasteiger partial charge in [-0.2, -0.15) is 0 Å². The Bertz CT molecular complexity index is 466. The van der Waals surface area contributed by atoms with Crippen molar-refractivity contribution in [1.29, 1.82) is 0 Å². The summed E-state index contributed by atoms with van der Waals surface area (Å²) in [6, 6.07) is 9.39. The van der Waals surface area contributed by atoms with Crippen molar-refractivity contribution < 1.29 is 14.6 Å². The van der Waals surface area contributed by atoms with E-state index in [9.17, 15) is 10.2 Å². The summed E-state index contributed by atoms with van der Waals surface area (Å²) in [6.07, 6.45) is 0.400. The maximum Gasteiger partial charge on any atom is 0.138 e. The van der Waals surface area contributed by atoms with E-state index in [4.69, 9.17) is 4.42 Å². The first-order valence-electron chi connectivity index (χ1n) is 5.60. The van der Waals surface area contributed by atoms with Gasteiger partial charge < -0.3 is 14.6 Å². The number of benzene rings is 1. The van der Waals surface area contributed by atoms with Crippen LogP contribution in [0.5, 0.6) is 0 Å². The second-order valence-electron chi connectivity index (χ2n) is 4.46. The molecule has 0 radical (unpaired) electrons. The second-order valence-corrected chi connectivity index (χ2v) is 4.46. The maximum atomic E-state index is 9.96. The smallest absolute Gasteiger partial charge is 0.138 e. The van der Waals surface area contributed by atoms with Crippen molar-refractivity contribution in [2.75, 3.05) is 0 Å². The van der Waals surface area contributed by atoms with Gasteiger partial charge in [0.15, 0.2) is 0 Å². The molecule has 2 N–H and O–H groups in total. The molecule has 0 spiro atoms. The molecule has 0 saturated heterocycles. The van der Waals surface area contributed by atoms with Crippen LogP contribution in [0.2, 0.25) is 0 Å². The Morgan fingerprint density at radius 3 is 2.62 bits per heavy atom. The van der Waals surface area contributed by atoms with Crippen LogP contribution in [0.3, 0.4) is 0 Å². The summed E-state index contributed by atoms with van der Waals surface area (Å²) in [5.41, 5.74) is 0.750. The molecule has 16 heavy (non-hydrogen) atoms. The van der Waals surface area contributed by atoms with E-state index in [2.05, 4.69) is 0 Å². The van der Waals surface area contributed by atoms with E-state index in [0.717, 1.165) is 23.8 Å². The largest absolute Gasteiger partial charge is 0.458 e. The fraction of sp³-hybridized carbons (Fsp3) is 0.385. The number of hydrogen-bond acceptors (Lipinski definition) is 3. The first kappa shape index (κ1) is 9.87. The first-order valence-corrected chi connectivity index (χ1v) is 5.60. The van der Waals surface area contributed by atoms with E-state index in [-0.39, 0.29) is 5.92 Å². The average molecular weight is 218 g/mol. The molecule has 0 bridgehead atoms. The highest BCUT2D eigenvalue weighted by atomic mass is 16.4. The van der Waals surface area contributed by atoms with E-state index in [1.165, 1.54) is 0 Å². The number of para-hydroxylation sites is 1. The van der Waals surface area contributed by atoms with E-state index >= 15 is 0 Å². The molecule has 1 aromatic carbocycles. The van der Waals surface area contributed by atoms with Crippen LogP contribution in [-0.4, -0.2) is 16.3 Å². The summed E-state index contributed by atoms with van der Waals surface area (Å²) in [6.45, 7) is 0. The summed E-state index contributed by atoms with van der Waals surface area (Å²) in [4.78, 5) is 0. The summed E-state index contributed by atoms with van der Waals surface area (Å²) in [5.74, 6) is 0.698. The Balaban J connectivity index is 1.92. The third-order valence-corrected chi connectivity index (χ3v) is 3.16. The highest BCUT2D eigenvalue weighted by Gasteiger charge is 2.36. The maximum absolute atomic E-state index is 9.96. The zero-order valence-electron chi connectivity index (χ0n) is 8.84. The molecule has 1 saturated carbocycles. The summed E-state index contributed by atoms with van der Waals surface area (Å²) in [7, 11) is 0. The van der Waals surface area contributed by atoms with Crippen LogP contribution in [0.4, 0.5) is 0 Å². The Morgan fingerprint density at radius 2 is 1.94 bits per heavy atom. The third-order valence-electron chi connectivity index (χ3n) is 3.16. The minimum Gasteiger partial charge on any atom is -0.458 e. The van der Waals surface area contributed by atoms with Crippen molar-refractivity contribution in [3.05, 3.63) is 36.1 Å². The van der Waals surface area contributed by atoms with Crippen molar-refractivity contribution in [2.24, 2.45) is 5.92 Å². The number of fused-ring (bicyclic) bond motifs is 1. The van der Waals surface area contributed by atoms with Gasteiger partial charge in [-0.15, -0.1) is 0 Å². The molecule has 2 unspecified atom stereocenters. The number of furan rings is 1. The van der Waals surface area contributed by atoms with Crippen LogP contribution in [0.25, 0.3) is 11.0 Å². The molecule has 0 amide bonds. The summed E-state index contributed by atoms with van der Waals surface area (Å²) < 4.78 is 5.52. The fourth-order valence-corrected chi connectivity index (χ4v) is 2.01. The van der Waals surface area contributed by atoms with Crippen LogP contribution >= 0.6 is 0 Å². The van der Waals surface area contributed by atoms with Gasteiger partial charge in [-0.25, -0.2) is 0 Å². The molecule has 1 aromatic heterocycles. The van der Waals surface area contributed by atoms with E-state index in [0.29, 0.717) is 5.76 Å². The quantitative estimate of drug-likeness (QED) is 0.830. The molecular weight excluding hydrogens is 204 g/mol. The second kappa shape index (κ2) is 3.61. The van der Waals surface area contributed by atoms with E-state index in [1.807, 2.05) is 24.3 Å². The van der Waals surface area contributed by atoms with Crippen LogP contribution in [0, 0.1) is 5.92 Å². The lowest BCUT2D eigenvalue weighted by molar-refractivity contribution is -0.00632. The lowest BCUT2D eigenvalue weighted by atomic mass is 10.1. The standard InChI is InChI=1S/C13H14O3/c14-12(8-5-6-8)13(15)11-7-9-3-1-2-4-10(9)16-11/h1-4,7-8,12-15H,5-6H2. The molecule has 84 valence electrons. The third kappa shape index (κ3) is 1.62. The lowest BCUT2D eigenvalue weighted by Gasteiger charge is -2.14. The van der Waals surface area contributed by atoms with Crippen LogP contribution in [-0.2, 0) is 0 Å². The van der Waals surface area contributed by atoms with Crippen molar-refractivity contribution in [2.45, 2.75) is 25.0 Å². The van der Waals surface area contributed by atoms with Gasteiger partial charge in [-0.3, -0.25) is 0 Å². The Labute approximate surface area is 93.3 Å². The molecule has 1 fully saturated rings. The van der Waals surface area contributed by atoms with Gasteiger partial charge in [0.1, 0.15) is 17.4 Å². The molecule has 2 atom stereocenters. The van der Waals surface area contributed by atoms with Gasteiger partial charge in [0.25, 0.3) is 0 Å². The average Bonchev–Trinajstić information content (AvgIpc) is 3.06. The number of aliphatic hydroxyl groups is 2. The SMILES string of the molecule is OC(c1cc2ccccc2o1)C(O)C1CC1. The molecule has 3 nitrogen and oxygen atoms in total. The highest BCUT2D eigenvalue weighted by Crippen LogP contribution is 2.38. The molecule has 1 aliphatic rings. The monoisotopic (exact) mass is 218 g/mol. The molecule has 3 rings (SSSR count). The Kier molecular flexibility index (Phi) is 2.23. The minimum absolute atomic E-state index is 0.239. The normalized spacial score (nSPS) is 19.9. The molecular formula is C13H14O3. The van der Waals surface area contributed by atoms with Gasteiger partial charge in [-0.1, -0.05) is 18.2 Å². The molecule has 2 aromatic rings. The lowest BCUT2D eigenvalue weighted by Crippen LogP contribution is -2.19. The topological polar surface area (TPSA) is 53.6 Å². The Hall–Kier alpha value is -1.32. The number of aliphatic hydroxyl groups excluding tert-OH is 2. The van der Waals surface area contributed by atoms with Gasteiger partial charge in [0.2, 0.25) is 0 Å². The van der Waals surface area contributed by atoms with E-state index < -0.39 is 12.2 Å². The fourth-order valence-electron chi connectivity index (χ4n) is 2.01. The molecule has 1 aliphatic carbocycles. The number of hydrogen-bond donors (Lipinski definition) is 2.